The molecule has 1 aromatic rings. The third kappa shape index (κ3) is 8.90. The Hall–Kier alpha value is -1.82. The molecule has 0 saturated heterocycles. The van der Waals surface area contributed by atoms with Gasteiger partial charge in [0.15, 0.2) is 11.5 Å². The molecule has 1 amide bonds. The van der Waals surface area contributed by atoms with E-state index >= 15 is 0 Å². The Morgan fingerprint density at radius 2 is 1.87 bits per heavy atom. The van der Waals surface area contributed by atoms with E-state index in [0.717, 1.165) is 36.4 Å². The average Bonchev–Trinajstić information content (AvgIpc) is 2.76. The van der Waals surface area contributed by atoms with E-state index in [1.807, 2.05) is 18.2 Å². The number of rotatable bonds is 15. The zero-order valence-corrected chi connectivity index (χ0v) is 18.8. The first-order chi connectivity index (χ1) is 14.7. The molecule has 6 heteroatoms. The van der Waals surface area contributed by atoms with Gasteiger partial charge in [-0.3, -0.25) is 9.18 Å². The standard InChI is InChI=1S/C24H39FN2O3/c1-3-5-6-7-8-10-24(28)26-21(19-27(4-2)14-9-13-25)17-20-11-12-22-23(18-20)30-16-15-29-22/h11-12,18,21H,3-10,13-17,19H2,1-2H3,(H,26,28)/t21-/m0/s1. The Balaban J connectivity index is 1.96. The summed E-state index contributed by atoms with van der Waals surface area (Å²) in [5.41, 5.74) is 1.11. The zero-order chi connectivity index (χ0) is 21.6. The van der Waals surface area contributed by atoms with Gasteiger partial charge in [0.2, 0.25) is 5.91 Å². The minimum atomic E-state index is -0.312. The predicted octanol–water partition coefficient (Wildman–Crippen LogP) is 4.53. The van der Waals surface area contributed by atoms with Crippen LogP contribution in [0.1, 0.15) is 64.4 Å². The van der Waals surface area contributed by atoms with E-state index in [1.54, 1.807) is 0 Å². The van der Waals surface area contributed by atoms with E-state index in [4.69, 9.17) is 9.47 Å². The number of hydrogen-bond acceptors (Lipinski definition) is 4. The number of alkyl halides is 1. The first-order valence-corrected chi connectivity index (χ1v) is 11.6. The smallest absolute Gasteiger partial charge is 0.220 e. The Morgan fingerprint density at radius 3 is 2.60 bits per heavy atom. The van der Waals surface area contributed by atoms with Crippen LogP contribution in [-0.4, -0.2) is 56.4 Å². The normalized spacial score (nSPS) is 14.0. The van der Waals surface area contributed by atoms with Crippen LogP contribution >= 0.6 is 0 Å². The number of halogens is 1. The second-order valence-electron chi connectivity index (χ2n) is 8.05. The van der Waals surface area contributed by atoms with Gasteiger partial charge in [0, 0.05) is 25.6 Å². The zero-order valence-electron chi connectivity index (χ0n) is 18.8. The first kappa shape index (κ1) is 24.4. The van der Waals surface area contributed by atoms with Crippen molar-refractivity contribution in [3.05, 3.63) is 23.8 Å². The summed E-state index contributed by atoms with van der Waals surface area (Å²) in [5, 5.41) is 3.23. The van der Waals surface area contributed by atoms with Crippen molar-refractivity contribution in [3.63, 3.8) is 0 Å². The van der Waals surface area contributed by atoms with Gasteiger partial charge in [0.25, 0.3) is 0 Å². The van der Waals surface area contributed by atoms with Crippen LogP contribution in [0.2, 0.25) is 0 Å². The third-order valence-electron chi connectivity index (χ3n) is 5.49. The highest BCUT2D eigenvalue weighted by atomic mass is 19.1. The van der Waals surface area contributed by atoms with Gasteiger partial charge in [0.05, 0.1) is 6.67 Å². The molecule has 30 heavy (non-hydrogen) atoms. The van der Waals surface area contributed by atoms with Crippen molar-refractivity contribution in [2.24, 2.45) is 0 Å². The number of carbonyl (C=O) groups is 1. The number of unbranched alkanes of at least 4 members (excludes halogenated alkanes) is 4. The quantitative estimate of drug-likeness (QED) is 0.422. The maximum absolute atomic E-state index is 12.7. The molecule has 5 nitrogen and oxygen atoms in total. The van der Waals surface area contributed by atoms with E-state index < -0.39 is 0 Å². The maximum atomic E-state index is 12.7. The van der Waals surface area contributed by atoms with Crippen LogP contribution in [0.25, 0.3) is 0 Å². The van der Waals surface area contributed by atoms with Crippen LogP contribution < -0.4 is 14.8 Å². The summed E-state index contributed by atoms with van der Waals surface area (Å²) in [6.45, 7) is 7.35. The highest BCUT2D eigenvalue weighted by Crippen LogP contribution is 2.31. The van der Waals surface area contributed by atoms with Gasteiger partial charge < -0.3 is 19.7 Å². The van der Waals surface area contributed by atoms with E-state index in [-0.39, 0.29) is 18.6 Å². The Labute approximate surface area is 181 Å². The summed E-state index contributed by atoms with van der Waals surface area (Å²) in [5.74, 6) is 1.65. The van der Waals surface area contributed by atoms with Crippen LogP contribution in [0.15, 0.2) is 18.2 Å². The van der Waals surface area contributed by atoms with Gasteiger partial charge in [-0.25, -0.2) is 0 Å². The van der Waals surface area contributed by atoms with Gasteiger partial charge in [-0.1, -0.05) is 45.6 Å². The molecule has 1 aliphatic heterocycles. The lowest BCUT2D eigenvalue weighted by Gasteiger charge is -2.27. The molecule has 0 radical (unpaired) electrons. The summed E-state index contributed by atoms with van der Waals surface area (Å²) in [6, 6.07) is 5.97. The van der Waals surface area contributed by atoms with Gasteiger partial charge >= 0.3 is 0 Å². The lowest BCUT2D eigenvalue weighted by Crippen LogP contribution is -2.45. The van der Waals surface area contributed by atoms with Crippen molar-refractivity contribution >= 4 is 5.91 Å². The monoisotopic (exact) mass is 422 g/mol. The molecule has 1 heterocycles. The molecule has 0 fully saturated rings. The van der Waals surface area contributed by atoms with Crippen molar-refractivity contribution in [2.45, 2.75) is 71.3 Å². The number of nitrogens with one attached hydrogen (secondary N) is 1. The number of hydrogen-bond donors (Lipinski definition) is 1. The summed E-state index contributed by atoms with van der Waals surface area (Å²) in [4.78, 5) is 14.8. The molecule has 0 aromatic heterocycles. The lowest BCUT2D eigenvalue weighted by molar-refractivity contribution is -0.122. The number of ether oxygens (including phenoxy) is 2. The van der Waals surface area contributed by atoms with Crippen LogP contribution in [0, 0.1) is 0 Å². The fourth-order valence-corrected chi connectivity index (χ4v) is 3.82. The molecular formula is C24H39FN2O3. The Bertz CT molecular complexity index is 626. The topological polar surface area (TPSA) is 50.8 Å². The number of fused-ring (bicyclic) bond motifs is 1. The number of carbonyl (C=O) groups excluding carboxylic acids is 1. The fourth-order valence-electron chi connectivity index (χ4n) is 3.82. The molecule has 1 atom stereocenters. The molecule has 0 bridgehead atoms. The highest BCUT2D eigenvalue weighted by molar-refractivity contribution is 5.76. The summed E-state index contributed by atoms with van der Waals surface area (Å²) < 4.78 is 24.0. The summed E-state index contributed by atoms with van der Waals surface area (Å²) >= 11 is 0. The van der Waals surface area contributed by atoms with Crippen molar-refractivity contribution in [3.8, 4) is 11.5 Å². The van der Waals surface area contributed by atoms with Crippen LogP contribution in [-0.2, 0) is 11.2 Å². The molecule has 0 unspecified atom stereocenters. The van der Waals surface area contributed by atoms with E-state index in [0.29, 0.717) is 45.6 Å². The summed E-state index contributed by atoms with van der Waals surface area (Å²) in [6.07, 6.45) is 7.47. The van der Waals surface area contributed by atoms with Crippen LogP contribution in [0.3, 0.4) is 0 Å². The molecule has 1 aliphatic rings. The van der Waals surface area contributed by atoms with Gasteiger partial charge in [-0.2, -0.15) is 0 Å². The largest absolute Gasteiger partial charge is 0.486 e. The van der Waals surface area contributed by atoms with Crippen molar-refractivity contribution < 1.29 is 18.7 Å². The molecule has 0 saturated carbocycles. The van der Waals surface area contributed by atoms with Gasteiger partial charge in [-0.15, -0.1) is 0 Å². The van der Waals surface area contributed by atoms with Gasteiger partial charge in [-0.05, 0) is 43.5 Å². The van der Waals surface area contributed by atoms with Gasteiger partial charge in [0.1, 0.15) is 13.2 Å². The van der Waals surface area contributed by atoms with Crippen molar-refractivity contribution in [1.29, 1.82) is 0 Å². The van der Waals surface area contributed by atoms with E-state index in [9.17, 15) is 9.18 Å². The highest BCUT2D eigenvalue weighted by Gasteiger charge is 2.18. The molecular weight excluding hydrogens is 383 g/mol. The second kappa shape index (κ2) is 14.2. The minimum absolute atomic E-state index is 0.0183. The molecule has 2 rings (SSSR count). The number of amides is 1. The Morgan fingerprint density at radius 1 is 1.10 bits per heavy atom. The SMILES string of the molecule is CCCCCCCC(=O)N[C@@H](Cc1ccc2c(c1)OCCO2)CN(CC)CCCF. The fraction of sp³-hybridized carbons (Fsp3) is 0.708. The molecule has 1 N–H and O–H groups in total. The molecule has 1 aromatic carbocycles. The molecule has 170 valence electrons. The molecule has 0 aliphatic carbocycles. The minimum Gasteiger partial charge on any atom is -0.486 e. The van der Waals surface area contributed by atoms with Crippen molar-refractivity contribution in [2.75, 3.05) is 39.5 Å². The second-order valence-corrected chi connectivity index (χ2v) is 8.05. The molecule has 0 spiro atoms. The van der Waals surface area contributed by atoms with Crippen molar-refractivity contribution in [1.82, 2.24) is 10.2 Å². The van der Waals surface area contributed by atoms with E-state index in [1.165, 1.54) is 19.3 Å². The number of nitrogens with zero attached hydrogens (tertiary/aromatic N) is 1. The van der Waals surface area contributed by atoms with Crippen LogP contribution in [0.4, 0.5) is 4.39 Å². The lowest BCUT2D eigenvalue weighted by atomic mass is 10.0. The first-order valence-electron chi connectivity index (χ1n) is 11.6. The third-order valence-corrected chi connectivity index (χ3v) is 5.49. The predicted molar refractivity (Wildman–Crippen MR) is 119 cm³/mol. The summed E-state index contributed by atoms with van der Waals surface area (Å²) in [7, 11) is 0. The number of benzene rings is 1. The average molecular weight is 423 g/mol. The maximum Gasteiger partial charge on any atom is 0.220 e. The van der Waals surface area contributed by atoms with Crippen LogP contribution in [0.5, 0.6) is 11.5 Å². The Kier molecular flexibility index (Phi) is 11.6. The van der Waals surface area contributed by atoms with E-state index in [2.05, 4.69) is 24.1 Å². The number of likely N-dealkylation sites (N-methyl/N-ethyl adjacent to an activating group) is 1.